The summed E-state index contributed by atoms with van der Waals surface area (Å²) in [5, 5.41) is 10.2. The molecule has 0 radical (unpaired) electrons. The Labute approximate surface area is 113 Å². The van der Waals surface area contributed by atoms with Crippen molar-refractivity contribution in [3.63, 3.8) is 0 Å². The van der Waals surface area contributed by atoms with E-state index in [1.807, 2.05) is 37.3 Å². The third-order valence-corrected chi connectivity index (χ3v) is 3.97. The molecule has 4 nitrogen and oxygen atoms in total. The van der Waals surface area contributed by atoms with Crippen molar-refractivity contribution in [2.45, 2.75) is 13.3 Å². The second-order valence-electron chi connectivity index (χ2n) is 4.10. The molecular formula is C14H11NO3S. The number of carboxylic acids is 1. The summed E-state index contributed by atoms with van der Waals surface area (Å²) in [4.78, 5) is 16.2. The van der Waals surface area contributed by atoms with Gasteiger partial charge in [-0.3, -0.25) is 0 Å². The summed E-state index contributed by atoms with van der Waals surface area (Å²) in [6, 6.07) is 9.94. The minimum absolute atomic E-state index is 0.0602. The molecule has 0 bridgehead atoms. The number of carbonyl (C=O) groups is 1. The van der Waals surface area contributed by atoms with E-state index in [-0.39, 0.29) is 5.76 Å². The highest BCUT2D eigenvalue weighted by Crippen LogP contribution is 2.33. The van der Waals surface area contributed by atoms with Crippen LogP contribution in [0.25, 0.3) is 20.9 Å². The van der Waals surface area contributed by atoms with Gasteiger partial charge >= 0.3 is 5.97 Å². The van der Waals surface area contributed by atoms with Crippen LogP contribution < -0.4 is 0 Å². The van der Waals surface area contributed by atoms with Crippen molar-refractivity contribution in [3.8, 4) is 10.8 Å². The Kier molecular flexibility index (Phi) is 2.83. The fraction of sp³-hybridized carbons (Fsp3) is 0.143. The monoisotopic (exact) mass is 273 g/mol. The van der Waals surface area contributed by atoms with Crippen LogP contribution in [0.5, 0.6) is 0 Å². The second-order valence-corrected chi connectivity index (χ2v) is 5.19. The molecule has 0 spiro atoms. The summed E-state index contributed by atoms with van der Waals surface area (Å²) in [7, 11) is 0. The van der Waals surface area contributed by atoms with E-state index < -0.39 is 5.97 Å². The first-order chi connectivity index (χ1) is 9.19. The van der Waals surface area contributed by atoms with Gasteiger partial charge in [0.25, 0.3) is 0 Å². The molecule has 1 N–H and O–H groups in total. The topological polar surface area (TPSA) is 63.3 Å². The number of rotatable bonds is 3. The number of aromatic nitrogens is 1. The summed E-state index contributed by atoms with van der Waals surface area (Å²) in [6.07, 6.45) is 0.538. The van der Waals surface area contributed by atoms with Crippen molar-refractivity contribution in [3.05, 3.63) is 41.8 Å². The lowest BCUT2D eigenvalue weighted by atomic mass is 10.2. The van der Waals surface area contributed by atoms with Crippen LogP contribution >= 0.6 is 11.3 Å². The molecule has 0 fully saturated rings. The van der Waals surface area contributed by atoms with Gasteiger partial charge in [0.1, 0.15) is 0 Å². The molecule has 0 aliphatic rings. The Balaban J connectivity index is 2.13. The van der Waals surface area contributed by atoms with Gasteiger partial charge in [-0.1, -0.05) is 25.1 Å². The van der Waals surface area contributed by atoms with Crippen LogP contribution in [0.2, 0.25) is 0 Å². The highest BCUT2D eigenvalue weighted by Gasteiger charge is 2.20. The number of oxazole rings is 1. The number of hydrogen-bond acceptors (Lipinski definition) is 4. The number of aromatic carboxylic acids is 1. The Morgan fingerprint density at radius 1 is 1.42 bits per heavy atom. The van der Waals surface area contributed by atoms with Gasteiger partial charge in [-0.15, -0.1) is 11.3 Å². The molecule has 3 rings (SSSR count). The molecule has 5 heteroatoms. The molecule has 3 aromatic rings. The van der Waals surface area contributed by atoms with Crippen molar-refractivity contribution in [1.29, 1.82) is 0 Å². The first kappa shape index (κ1) is 11.9. The molecule has 2 heterocycles. The van der Waals surface area contributed by atoms with Crippen LogP contribution in [-0.2, 0) is 6.42 Å². The number of hydrogen-bond donors (Lipinski definition) is 1. The van der Waals surface area contributed by atoms with Crippen LogP contribution in [0.1, 0.15) is 23.2 Å². The first-order valence-electron chi connectivity index (χ1n) is 5.91. The molecule has 0 atom stereocenters. The van der Waals surface area contributed by atoms with Crippen LogP contribution in [0.15, 0.2) is 34.7 Å². The van der Waals surface area contributed by atoms with Gasteiger partial charge in [0.2, 0.25) is 11.7 Å². The maximum Gasteiger partial charge on any atom is 0.373 e. The van der Waals surface area contributed by atoms with Crippen LogP contribution in [0, 0.1) is 0 Å². The lowest BCUT2D eigenvalue weighted by Crippen LogP contribution is -1.98. The quantitative estimate of drug-likeness (QED) is 0.788. The number of aryl methyl sites for hydroxylation is 1. The zero-order valence-corrected chi connectivity index (χ0v) is 11.0. The molecular weight excluding hydrogens is 262 g/mol. The smallest absolute Gasteiger partial charge is 0.373 e. The SMILES string of the molecule is CCc1nc(-c2cc3ccccc3s2)oc1C(=O)O. The summed E-state index contributed by atoms with van der Waals surface area (Å²) in [6.45, 7) is 1.86. The number of thiophene rings is 1. The molecule has 19 heavy (non-hydrogen) atoms. The third kappa shape index (κ3) is 2.02. The van der Waals surface area contributed by atoms with Crippen LogP contribution in [-0.4, -0.2) is 16.1 Å². The number of nitrogens with zero attached hydrogens (tertiary/aromatic N) is 1. The van der Waals surface area contributed by atoms with E-state index in [0.717, 1.165) is 15.0 Å². The summed E-state index contributed by atoms with van der Waals surface area (Å²) < 4.78 is 6.51. The zero-order chi connectivity index (χ0) is 13.4. The van der Waals surface area contributed by atoms with E-state index in [9.17, 15) is 4.79 Å². The van der Waals surface area contributed by atoms with Gasteiger partial charge in [0, 0.05) is 4.70 Å². The van der Waals surface area contributed by atoms with Crippen molar-refractivity contribution in [2.24, 2.45) is 0 Å². The first-order valence-corrected chi connectivity index (χ1v) is 6.72. The minimum atomic E-state index is -1.07. The minimum Gasteiger partial charge on any atom is -0.475 e. The van der Waals surface area contributed by atoms with Gasteiger partial charge in [-0.25, -0.2) is 9.78 Å². The standard InChI is InChI=1S/C14H11NO3S/c1-2-9-12(14(16)17)18-13(15-9)11-7-8-5-3-4-6-10(8)19-11/h3-7H,2H2,1H3,(H,16,17). The van der Waals surface area contributed by atoms with Gasteiger partial charge in [0.15, 0.2) is 0 Å². The molecule has 1 aromatic carbocycles. The summed E-state index contributed by atoms with van der Waals surface area (Å²) >= 11 is 1.55. The Hall–Kier alpha value is -2.14. The van der Waals surface area contributed by atoms with E-state index in [4.69, 9.17) is 9.52 Å². The molecule has 96 valence electrons. The molecule has 0 aliphatic carbocycles. The van der Waals surface area contributed by atoms with Crippen molar-refractivity contribution >= 4 is 27.4 Å². The number of fused-ring (bicyclic) bond motifs is 1. The largest absolute Gasteiger partial charge is 0.475 e. The number of benzene rings is 1. The third-order valence-electron chi connectivity index (χ3n) is 2.86. The molecule has 0 saturated heterocycles. The van der Waals surface area contributed by atoms with E-state index >= 15 is 0 Å². The summed E-state index contributed by atoms with van der Waals surface area (Å²) in [5.41, 5.74) is 0.486. The Bertz CT molecular complexity index is 724. The second kappa shape index (κ2) is 4.51. The van der Waals surface area contributed by atoms with Gasteiger partial charge < -0.3 is 9.52 Å². The fourth-order valence-electron chi connectivity index (χ4n) is 1.95. The van der Waals surface area contributed by atoms with E-state index in [1.165, 1.54) is 0 Å². The lowest BCUT2D eigenvalue weighted by molar-refractivity contribution is 0.0662. The fourth-order valence-corrected chi connectivity index (χ4v) is 2.94. The summed E-state index contributed by atoms with van der Waals surface area (Å²) in [5.74, 6) is -0.748. The zero-order valence-electron chi connectivity index (χ0n) is 10.2. The highest BCUT2D eigenvalue weighted by molar-refractivity contribution is 7.22. The maximum absolute atomic E-state index is 11.1. The normalized spacial score (nSPS) is 11.0. The van der Waals surface area contributed by atoms with Crippen molar-refractivity contribution in [2.75, 3.05) is 0 Å². The lowest BCUT2D eigenvalue weighted by Gasteiger charge is -1.88. The van der Waals surface area contributed by atoms with Crippen molar-refractivity contribution < 1.29 is 14.3 Å². The van der Waals surface area contributed by atoms with Crippen LogP contribution in [0.4, 0.5) is 0 Å². The Morgan fingerprint density at radius 2 is 2.21 bits per heavy atom. The van der Waals surface area contributed by atoms with E-state index in [1.54, 1.807) is 11.3 Å². The van der Waals surface area contributed by atoms with Gasteiger partial charge in [-0.2, -0.15) is 0 Å². The highest BCUT2D eigenvalue weighted by atomic mass is 32.1. The van der Waals surface area contributed by atoms with Gasteiger partial charge in [-0.05, 0) is 23.9 Å². The average molecular weight is 273 g/mol. The van der Waals surface area contributed by atoms with Gasteiger partial charge in [0.05, 0.1) is 10.6 Å². The van der Waals surface area contributed by atoms with Crippen molar-refractivity contribution in [1.82, 2.24) is 4.98 Å². The Morgan fingerprint density at radius 3 is 2.84 bits per heavy atom. The average Bonchev–Trinajstić information content (AvgIpc) is 3.02. The predicted molar refractivity (Wildman–Crippen MR) is 73.7 cm³/mol. The van der Waals surface area contributed by atoms with E-state index in [0.29, 0.717) is 18.0 Å². The van der Waals surface area contributed by atoms with E-state index in [2.05, 4.69) is 4.98 Å². The molecule has 0 saturated carbocycles. The molecule has 2 aromatic heterocycles. The number of carboxylic acid groups (broad SMARTS) is 1. The molecule has 0 unspecified atom stereocenters. The van der Waals surface area contributed by atoms with Crippen LogP contribution in [0.3, 0.4) is 0 Å². The molecule has 0 aliphatic heterocycles. The maximum atomic E-state index is 11.1. The predicted octanol–water partition coefficient (Wildman–Crippen LogP) is 3.82. The molecule has 0 amide bonds.